The van der Waals surface area contributed by atoms with Gasteiger partial charge in [-0.15, -0.1) is 0 Å². The summed E-state index contributed by atoms with van der Waals surface area (Å²) in [7, 11) is 0. The zero-order valence-electron chi connectivity index (χ0n) is 23.3. The van der Waals surface area contributed by atoms with Gasteiger partial charge in [0.25, 0.3) is 0 Å². The van der Waals surface area contributed by atoms with Crippen LogP contribution in [0.15, 0.2) is 30.3 Å². The maximum absolute atomic E-state index is 10.4. The molecule has 228 valence electrons. The van der Waals surface area contributed by atoms with Crippen LogP contribution in [0.4, 0.5) is 0 Å². The standard InChI is InChI=1S/C22H34O6.C6H14N4O2/c23-16(15-28-17-8-4-3-5-9-17)12-13-19-18(20(24)14-21(19)25)10-6-1-2-7-11-22(26)27;7-4(5(11)12)2-1-3-10-6(8)9/h3-5,8-9,16,18-21,23-25H,1-2,6-7,10-15H2,(H,26,27);4H,1-3,7H2,(H,11,12)(H4,8,9,10)/t16-,18-,19-,20+,21-;4-/m10/s1. The third-order valence-electron chi connectivity index (χ3n) is 7.10. The van der Waals surface area contributed by atoms with Crippen LogP contribution in [0.25, 0.3) is 0 Å². The summed E-state index contributed by atoms with van der Waals surface area (Å²) >= 11 is 0. The van der Waals surface area contributed by atoms with E-state index in [2.05, 4.69) is 10.7 Å². The quantitative estimate of drug-likeness (QED) is 0.0516. The summed E-state index contributed by atoms with van der Waals surface area (Å²) in [6.07, 6.45) is 5.16. The van der Waals surface area contributed by atoms with Crippen molar-refractivity contribution in [2.45, 2.75) is 95.0 Å². The Balaban J connectivity index is 0.000000562. The lowest BCUT2D eigenvalue weighted by Gasteiger charge is -2.24. The van der Waals surface area contributed by atoms with Gasteiger partial charge in [0.05, 0.1) is 30.8 Å². The van der Waals surface area contributed by atoms with Crippen LogP contribution in [0.2, 0.25) is 0 Å². The molecule has 0 aromatic heterocycles. The number of nitrogens with two attached hydrogens (primary N) is 2. The molecular formula is C28H48N4O8. The highest BCUT2D eigenvalue weighted by atomic mass is 16.5. The molecular weight excluding hydrogens is 520 g/mol. The fraction of sp³-hybridized carbons (Fsp3) is 0.679. The van der Waals surface area contributed by atoms with Crippen molar-refractivity contribution >= 4 is 17.9 Å². The van der Waals surface area contributed by atoms with Gasteiger partial charge in [0.15, 0.2) is 0 Å². The minimum Gasteiger partial charge on any atom is -0.550 e. The molecule has 1 aromatic rings. The molecule has 6 atom stereocenters. The van der Waals surface area contributed by atoms with E-state index < -0.39 is 36.3 Å². The first-order valence-electron chi connectivity index (χ1n) is 14.1. The van der Waals surface area contributed by atoms with E-state index in [1.54, 1.807) is 0 Å². The maximum Gasteiger partial charge on any atom is 0.338 e. The van der Waals surface area contributed by atoms with E-state index in [-0.39, 0.29) is 30.8 Å². The third kappa shape index (κ3) is 15.6. The van der Waals surface area contributed by atoms with E-state index >= 15 is 0 Å². The maximum atomic E-state index is 10.4. The summed E-state index contributed by atoms with van der Waals surface area (Å²) in [6, 6.07) is 8.67. The number of para-hydroxylation sites is 1. The Kier molecular flexibility index (Phi) is 17.6. The highest BCUT2D eigenvalue weighted by Gasteiger charge is 2.40. The van der Waals surface area contributed by atoms with Crippen LogP contribution in [-0.4, -0.2) is 70.7 Å². The molecule has 0 radical (unpaired) electrons. The fourth-order valence-electron chi connectivity index (χ4n) is 4.86. The van der Waals surface area contributed by atoms with Crippen molar-refractivity contribution < 1.29 is 50.6 Å². The summed E-state index contributed by atoms with van der Waals surface area (Å²) in [6.45, 7) is 0.764. The van der Waals surface area contributed by atoms with Gasteiger partial charge in [-0.25, -0.2) is 0 Å². The van der Waals surface area contributed by atoms with E-state index in [0.29, 0.717) is 45.1 Å². The molecule has 12 heteroatoms. The van der Waals surface area contributed by atoms with Gasteiger partial charge < -0.3 is 45.6 Å². The van der Waals surface area contributed by atoms with Crippen molar-refractivity contribution in [1.29, 1.82) is 0 Å². The summed E-state index contributed by atoms with van der Waals surface area (Å²) < 4.78 is 5.57. The first-order valence-corrected chi connectivity index (χ1v) is 14.1. The molecule has 0 spiro atoms. The fourth-order valence-corrected chi connectivity index (χ4v) is 4.86. The van der Waals surface area contributed by atoms with Crippen LogP contribution in [0.1, 0.15) is 70.6 Å². The highest BCUT2D eigenvalue weighted by molar-refractivity contribution is 5.69. The topological polar surface area (TPSA) is 244 Å². The van der Waals surface area contributed by atoms with Gasteiger partial charge in [-0.05, 0) is 68.9 Å². The van der Waals surface area contributed by atoms with Crippen molar-refractivity contribution in [2.24, 2.45) is 23.3 Å². The van der Waals surface area contributed by atoms with Gasteiger partial charge >= 0.3 is 5.96 Å². The average Bonchev–Trinajstić information content (AvgIpc) is 3.18. The van der Waals surface area contributed by atoms with E-state index in [1.807, 2.05) is 30.3 Å². The molecule has 1 fully saturated rings. The van der Waals surface area contributed by atoms with Crippen molar-refractivity contribution in [2.75, 3.05) is 13.2 Å². The van der Waals surface area contributed by atoms with Gasteiger partial charge in [-0.3, -0.25) is 16.5 Å². The van der Waals surface area contributed by atoms with Crippen LogP contribution < -0.4 is 37.1 Å². The molecule has 12 nitrogen and oxygen atoms in total. The van der Waals surface area contributed by atoms with E-state index in [9.17, 15) is 35.1 Å². The number of carbonyl (C=O) groups is 2. The zero-order valence-corrected chi connectivity index (χ0v) is 23.3. The van der Waals surface area contributed by atoms with E-state index in [0.717, 1.165) is 31.4 Å². The second-order valence-corrected chi connectivity index (χ2v) is 10.4. The number of nitrogens with one attached hydrogen (secondary N) is 1. The third-order valence-corrected chi connectivity index (χ3v) is 7.10. The van der Waals surface area contributed by atoms with Crippen LogP contribution >= 0.6 is 0 Å². The predicted molar refractivity (Wildman–Crippen MR) is 144 cm³/mol. The first kappa shape index (κ1) is 35.1. The van der Waals surface area contributed by atoms with E-state index in [4.69, 9.17) is 16.2 Å². The Morgan fingerprint density at radius 3 is 2.20 bits per heavy atom. The van der Waals surface area contributed by atoms with Crippen molar-refractivity contribution in [3.63, 3.8) is 0 Å². The van der Waals surface area contributed by atoms with E-state index in [1.165, 1.54) is 0 Å². The van der Waals surface area contributed by atoms with Crippen LogP contribution in [-0.2, 0) is 9.59 Å². The number of rotatable bonds is 18. The van der Waals surface area contributed by atoms with Crippen LogP contribution in [0.5, 0.6) is 5.75 Å². The van der Waals surface area contributed by atoms with Gasteiger partial charge in [-0.1, -0.05) is 37.5 Å². The average molecular weight is 569 g/mol. The minimum atomic E-state index is -1.13. The minimum absolute atomic E-state index is 0.0235. The predicted octanol–water partition coefficient (Wildman–Crippen LogP) is -3.86. The number of aliphatic hydroxyl groups is 3. The number of hydrogen-bond acceptors (Lipinski definition) is 8. The van der Waals surface area contributed by atoms with Gasteiger partial charge in [0, 0.05) is 12.4 Å². The second kappa shape index (κ2) is 20.0. The SMILES string of the molecule is NC(N)=[NH+]CCC[C@H]([NH3+])C(=O)[O-].O=C([O-])CCCCCC[C@@H]1[C@@H](CC[C@@H](O)COc2ccccc2)[C@H](O)C[C@@H]1O. The molecule has 0 amide bonds. The molecule has 0 unspecified atom stereocenters. The normalized spacial score (nSPS) is 21.5. The molecule has 2 rings (SSSR count). The van der Waals surface area contributed by atoms with Crippen LogP contribution in [0, 0.1) is 11.8 Å². The number of carboxylic acid groups (broad SMARTS) is 2. The highest BCUT2D eigenvalue weighted by Crippen LogP contribution is 2.39. The summed E-state index contributed by atoms with van der Waals surface area (Å²) in [5.41, 5.74) is 13.6. The number of guanidine groups is 1. The largest absolute Gasteiger partial charge is 0.550 e. The van der Waals surface area contributed by atoms with Crippen molar-refractivity contribution in [3.8, 4) is 5.75 Å². The molecule has 0 aliphatic heterocycles. The number of carboxylic acids is 2. The number of aliphatic carboxylic acids is 2. The second-order valence-electron chi connectivity index (χ2n) is 10.4. The summed E-state index contributed by atoms with van der Waals surface area (Å²) in [5, 5.41) is 51.4. The van der Waals surface area contributed by atoms with Gasteiger partial charge in [-0.2, -0.15) is 0 Å². The lowest BCUT2D eigenvalue weighted by atomic mass is 9.85. The Morgan fingerprint density at radius 2 is 1.60 bits per heavy atom. The number of unbranched alkanes of at least 4 members (excludes halogenated alkanes) is 3. The Labute approximate surface area is 236 Å². The lowest BCUT2D eigenvalue weighted by molar-refractivity contribution is -0.466. The van der Waals surface area contributed by atoms with Gasteiger partial charge in [0.1, 0.15) is 18.4 Å². The Hall–Kier alpha value is -2.93. The number of ether oxygens (including phenoxy) is 1. The smallest absolute Gasteiger partial charge is 0.338 e. The molecule has 11 N–H and O–H groups in total. The molecule has 0 bridgehead atoms. The Bertz CT molecular complexity index is 869. The molecule has 1 aliphatic rings. The van der Waals surface area contributed by atoms with Crippen LogP contribution in [0.3, 0.4) is 0 Å². The number of quaternary nitrogens is 1. The number of hydrogen-bond donors (Lipinski definition) is 7. The number of carbonyl (C=O) groups excluding carboxylic acids is 2. The number of aliphatic hydroxyl groups excluding tert-OH is 3. The van der Waals surface area contributed by atoms with Crippen molar-refractivity contribution in [1.82, 2.24) is 0 Å². The summed E-state index contributed by atoms with van der Waals surface area (Å²) in [5.74, 6) is -1.27. The molecule has 1 aliphatic carbocycles. The molecule has 1 saturated carbocycles. The first-order chi connectivity index (χ1) is 19.0. The Morgan fingerprint density at radius 1 is 0.975 bits per heavy atom. The monoisotopic (exact) mass is 568 g/mol. The zero-order chi connectivity index (χ0) is 29.9. The molecule has 0 saturated heterocycles. The summed E-state index contributed by atoms with van der Waals surface area (Å²) in [4.78, 5) is 23.3. The number of benzene rings is 1. The molecule has 0 heterocycles. The molecule has 1 aromatic carbocycles. The lowest BCUT2D eigenvalue weighted by Crippen LogP contribution is -2.78. The molecule has 40 heavy (non-hydrogen) atoms. The van der Waals surface area contributed by atoms with Crippen molar-refractivity contribution in [3.05, 3.63) is 30.3 Å². The van der Waals surface area contributed by atoms with Gasteiger partial charge in [0.2, 0.25) is 0 Å².